The van der Waals surface area contributed by atoms with Crippen LogP contribution in [0.3, 0.4) is 0 Å². The van der Waals surface area contributed by atoms with Crippen LogP contribution < -0.4 is 5.32 Å². The van der Waals surface area contributed by atoms with E-state index in [-0.39, 0.29) is 12.5 Å². The predicted octanol–water partition coefficient (Wildman–Crippen LogP) is 0.107. The first-order chi connectivity index (χ1) is 8.63. The molecule has 1 fully saturated rings. The van der Waals surface area contributed by atoms with Crippen molar-refractivity contribution in [2.24, 2.45) is 5.92 Å². The van der Waals surface area contributed by atoms with Gasteiger partial charge in [0, 0.05) is 26.7 Å². The van der Waals surface area contributed by atoms with Crippen LogP contribution in [0.15, 0.2) is 0 Å². The van der Waals surface area contributed by atoms with Gasteiger partial charge in [0.15, 0.2) is 6.04 Å². The highest BCUT2D eigenvalue weighted by Gasteiger charge is 2.21. The molecule has 0 aromatic carbocycles. The van der Waals surface area contributed by atoms with Gasteiger partial charge in [-0.15, -0.1) is 0 Å². The van der Waals surface area contributed by atoms with Crippen molar-refractivity contribution in [3.8, 4) is 0 Å². The largest absolute Gasteiger partial charge is 0.467 e. The molecule has 1 N–H and O–H groups in total. The summed E-state index contributed by atoms with van der Waals surface area (Å²) in [4.78, 5) is 22.3. The maximum Gasteiger partial charge on any atom is 0.330 e. The molecule has 0 aromatic rings. The van der Waals surface area contributed by atoms with Crippen LogP contribution in [-0.2, 0) is 23.8 Å². The summed E-state index contributed by atoms with van der Waals surface area (Å²) in [6.45, 7) is 3.61. The van der Waals surface area contributed by atoms with E-state index in [0.29, 0.717) is 12.5 Å². The molecule has 0 saturated carbocycles. The SMILES string of the molecule is COC(=O)C(COCC1CCOCC1)NC(C)=O. The zero-order chi connectivity index (χ0) is 13.4. The van der Waals surface area contributed by atoms with E-state index in [1.807, 2.05) is 0 Å². The molecule has 18 heavy (non-hydrogen) atoms. The summed E-state index contributed by atoms with van der Waals surface area (Å²) >= 11 is 0. The fraction of sp³-hybridized carbons (Fsp3) is 0.833. The third-order valence-corrected chi connectivity index (χ3v) is 2.84. The van der Waals surface area contributed by atoms with E-state index in [1.54, 1.807) is 0 Å². The molecule has 1 saturated heterocycles. The average Bonchev–Trinajstić information content (AvgIpc) is 2.37. The van der Waals surface area contributed by atoms with Crippen molar-refractivity contribution in [3.63, 3.8) is 0 Å². The minimum atomic E-state index is -0.729. The first-order valence-electron chi connectivity index (χ1n) is 6.14. The molecule has 1 rings (SSSR count). The number of ether oxygens (including phenoxy) is 3. The normalized spacial score (nSPS) is 18.1. The number of amides is 1. The fourth-order valence-electron chi connectivity index (χ4n) is 1.82. The van der Waals surface area contributed by atoms with Gasteiger partial charge in [0.1, 0.15) is 0 Å². The monoisotopic (exact) mass is 259 g/mol. The predicted molar refractivity (Wildman–Crippen MR) is 64.0 cm³/mol. The molecule has 1 atom stereocenters. The Morgan fingerprint density at radius 1 is 1.39 bits per heavy atom. The Bertz CT molecular complexity index is 276. The summed E-state index contributed by atoms with van der Waals surface area (Å²) < 4.78 is 15.3. The molecule has 1 amide bonds. The van der Waals surface area contributed by atoms with Crippen molar-refractivity contribution in [2.45, 2.75) is 25.8 Å². The van der Waals surface area contributed by atoms with Crippen LogP contribution in [0.1, 0.15) is 19.8 Å². The Labute approximate surface area is 107 Å². The van der Waals surface area contributed by atoms with Crippen molar-refractivity contribution in [1.29, 1.82) is 0 Å². The highest BCUT2D eigenvalue weighted by atomic mass is 16.5. The third-order valence-electron chi connectivity index (χ3n) is 2.84. The third kappa shape index (κ3) is 5.46. The van der Waals surface area contributed by atoms with Crippen molar-refractivity contribution >= 4 is 11.9 Å². The Balaban J connectivity index is 2.27. The van der Waals surface area contributed by atoms with Crippen molar-refractivity contribution in [3.05, 3.63) is 0 Å². The van der Waals surface area contributed by atoms with E-state index in [9.17, 15) is 9.59 Å². The second-order valence-corrected chi connectivity index (χ2v) is 4.37. The summed E-state index contributed by atoms with van der Waals surface area (Å²) in [7, 11) is 1.29. The molecule has 0 bridgehead atoms. The lowest BCUT2D eigenvalue weighted by atomic mass is 10.0. The summed E-state index contributed by atoms with van der Waals surface area (Å²) in [6, 6.07) is -0.729. The van der Waals surface area contributed by atoms with Crippen LogP contribution in [0.25, 0.3) is 0 Å². The van der Waals surface area contributed by atoms with Gasteiger partial charge >= 0.3 is 5.97 Å². The molecule has 1 unspecified atom stereocenters. The number of carbonyl (C=O) groups is 2. The summed E-state index contributed by atoms with van der Waals surface area (Å²) in [5.41, 5.74) is 0. The molecule has 1 heterocycles. The summed E-state index contributed by atoms with van der Waals surface area (Å²) in [5.74, 6) is -0.299. The Hall–Kier alpha value is -1.14. The molecular weight excluding hydrogens is 238 g/mol. The van der Waals surface area contributed by atoms with E-state index in [1.165, 1.54) is 14.0 Å². The Morgan fingerprint density at radius 2 is 2.06 bits per heavy atom. The first kappa shape index (κ1) is 14.9. The Kier molecular flexibility index (Phi) is 6.67. The standard InChI is InChI=1S/C12H21NO5/c1-9(14)13-11(12(15)16-2)8-18-7-10-3-5-17-6-4-10/h10-11H,3-8H2,1-2H3,(H,13,14). The number of carbonyl (C=O) groups excluding carboxylic acids is 2. The van der Waals surface area contributed by atoms with Crippen LogP contribution in [0.4, 0.5) is 0 Å². The van der Waals surface area contributed by atoms with Gasteiger partial charge in [0.05, 0.1) is 13.7 Å². The fourth-order valence-corrected chi connectivity index (χ4v) is 1.82. The lowest BCUT2D eigenvalue weighted by Crippen LogP contribution is -2.44. The highest BCUT2D eigenvalue weighted by Crippen LogP contribution is 2.14. The lowest BCUT2D eigenvalue weighted by molar-refractivity contribution is -0.147. The summed E-state index contributed by atoms with van der Waals surface area (Å²) in [6.07, 6.45) is 1.95. The van der Waals surface area contributed by atoms with Crippen LogP contribution in [0.5, 0.6) is 0 Å². The van der Waals surface area contributed by atoms with Gasteiger partial charge in [-0.3, -0.25) is 4.79 Å². The van der Waals surface area contributed by atoms with E-state index >= 15 is 0 Å². The molecule has 0 radical (unpaired) electrons. The molecular formula is C12H21NO5. The second kappa shape index (κ2) is 8.05. The molecule has 0 spiro atoms. The van der Waals surface area contributed by atoms with E-state index < -0.39 is 12.0 Å². The number of hydrogen-bond acceptors (Lipinski definition) is 5. The number of esters is 1. The molecule has 0 aromatic heterocycles. The number of methoxy groups -OCH3 is 1. The maximum atomic E-state index is 11.4. The van der Waals surface area contributed by atoms with E-state index in [4.69, 9.17) is 9.47 Å². The molecule has 0 aliphatic carbocycles. The van der Waals surface area contributed by atoms with Gasteiger partial charge in [-0.05, 0) is 18.8 Å². The van der Waals surface area contributed by atoms with E-state index in [2.05, 4.69) is 10.1 Å². The topological polar surface area (TPSA) is 73.9 Å². The number of hydrogen-bond donors (Lipinski definition) is 1. The van der Waals surface area contributed by atoms with Crippen molar-refractivity contribution in [2.75, 3.05) is 33.5 Å². The van der Waals surface area contributed by atoms with Gasteiger partial charge in [-0.25, -0.2) is 4.79 Å². The highest BCUT2D eigenvalue weighted by molar-refractivity contribution is 5.83. The van der Waals surface area contributed by atoms with E-state index in [0.717, 1.165) is 26.1 Å². The second-order valence-electron chi connectivity index (χ2n) is 4.37. The zero-order valence-corrected chi connectivity index (χ0v) is 10.9. The van der Waals surface area contributed by atoms with Crippen molar-refractivity contribution < 1.29 is 23.8 Å². The minimum absolute atomic E-state index is 0.142. The van der Waals surface area contributed by atoms with Crippen LogP contribution >= 0.6 is 0 Å². The Morgan fingerprint density at radius 3 is 2.61 bits per heavy atom. The van der Waals surface area contributed by atoms with Gasteiger partial charge in [0.2, 0.25) is 5.91 Å². The van der Waals surface area contributed by atoms with Crippen LogP contribution in [0.2, 0.25) is 0 Å². The quantitative estimate of drug-likeness (QED) is 0.685. The van der Waals surface area contributed by atoms with Gasteiger partial charge < -0.3 is 19.5 Å². The van der Waals surface area contributed by atoms with Gasteiger partial charge in [-0.2, -0.15) is 0 Å². The number of nitrogens with one attached hydrogen (secondary N) is 1. The smallest absolute Gasteiger partial charge is 0.330 e. The number of rotatable bonds is 6. The lowest BCUT2D eigenvalue weighted by Gasteiger charge is -2.23. The summed E-state index contributed by atoms with van der Waals surface area (Å²) in [5, 5.41) is 2.51. The molecule has 1 aliphatic rings. The van der Waals surface area contributed by atoms with Crippen molar-refractivity contribution in [1.82, 2.24) is 5.32 Å². The first-order valence-corrected chi connectivity index (χ1v) is 6.14. The maximum absolute atomic E-state index is 11.4. The average molecular weight is 259 g/mol. The van der Waals surface area contributed by atoms with Crippen LogP contribution in [-0.4, -0.2) is 51.5 Å². The van der Waals surface area contributed by atoms with Gasteiger partial charge in [-0.1, -0.05) is 0 Å². The zero-order valence-electron chi connectivity index (χ0n) is 10.9. The van der Waals surface area contributed by atoms with Gasteiger partial charge in [0.25, 0.3) is 0 Å². The molecule has 104 valence electrons. The van der Waals surface area contributed by atoms with Crippen LogP contribution in [0, 0.1) is 5.92 Å². The molecule has 1 aliphatic heterocycles. The molecule has 6 nitrogen and oxygen atoms in total. The minimum Gasteiger partial charge on any atom is -0.467 e. The molecule has 6 heteroatoms.